The Hall–Kier alpha value is -1.51. The number of hydrogen-bond donors (Lipinski definition) is 1. The van der Waals surface area contributed by atoms with Crippen molar-refractivity contribution in [2.24, 2.45) is 0 Å². The van der Waals surface area contributed by atoms with Crippen LogP contribution in [0.4, 0.5) is 0 Å². The lowest BCUT2D eigenvalue weighted by Gasteiger charge is -2.10. The average molecular weight is 304 g/mol. The normalized spacial score (nSPS) is 10.7. The average Bonchev–Trinajstić information content (AvgIpc) is 2.47. The molecule has 0 saturated heterocycles. The molecule has 0 bridgehead atoms. The first-order valence-corrected chi connectivity index (χ1v) is 7.72. The Balaban J connectivity index is 2.03. The topological polar surface area (TPSA) is 21.3 Å². The predicted molar refractivity (Wildman–Crippen MR) is 89.4 cm³/mol. The van der Waals surface area contributed by atoms with E-state index in [-0.39, 0.29) is 0 Å². The molecule has 0 fully saturated rings. The van der Waals surface area contributed by atoms with Crippen LogP contribution in [0.1, 0.15) is 30.0 Å². The fraction of sp³-hybridized carbons (Fsp3) is 0.333. The number of nitrogens with one attached hydrogen (secondary N) is 1. The molecular weight excluding hydrogens is 282 g/mol. The molecule has 0 aromatic heterocycles. The van der Waals surface area contributed by atoms with Gasteiger partial charge in [-0.2, -0.15) is 0 Å². The largest absolute Gasteiger partial charge is 0.457 e. The summed E-state index contributed by atoms with van der Waals surface area (Å²) in [4.78, 5) is 0. The van der Waals surface area contributed by atoms with Gasteiger partial charge in [-0.15, -0.1) is 0 Å². The van der Waals surface area contributed by atoms with E-state index in [1.807, 2.05) is 38.1 Å². The van der Waals surface area contributed by atoms with Crippen LogP contribution in [0.3, 0.4) is 0 Å². The Morgan fingerprint density at radius 3 is 2.19 bits per heavy atom. The van der Waals surface area contributed by atoms with Crippen molar-refractivity contribution >= 4 is 11.6 Å². The molecule has 0 atom stereocenters. The fourth-order valence-electron chi connectivity index (χ4n) is 2.19. The first-order valence-electron chi connectivity index (χ1n) is 7.34. The number of halogens is 1. The van der Waals surface area contributed by atoms with Crippen molar-refractivity contribution < 1.29 is 4.74 Å². The van der Waals surface area contributed by atoms with Crippen LogP contribution in [-0.4, -0.2) is 6.54 Å². The summed E-state index contributed by atoms with van der Waals surface area (Å²) < 4.78 is 5.90. The molecular formula is C18H22ClNO. The van der Waals surface area contributed by atoms with Gasteiger partial charge in [0, 0.05) is 11.6 Å². The van der Waals surface area contributed by atoms with Crippen LogP contribution in [0, 0.1) is 13.8 Å². The Labute approximate surface area is 132 Å². The van der Waals surface area contributed by atoms with Crippen molar-refractivity contribution in [2.45, 2.75) is 33.7 Å². The molecule has 2 nitrogen and oxygen atoms in total. The van der Waals surface area contributed by atoms with Gasteiger partial charge in [-0.05, 0) is 67.8 Å². The lowest BCUT2D eigenvalue weighted by Crippen LogP contribution is -2.13. The summed E-state index contributed by atoms with van der Waals surface area (Å²) in [5.41, 5.74) is 3.33. The highest BCUT2D eigenvalue weighted by atomic mass is 35.5. The van der Waals surface area contributed by atoms with Crippen LogP contribution >= 0.6 is 11.6 Å². The smallest absolute Gasteiger partial charge is 0.128 e. The van der Waals surface area contributed by atoms with Gasteiger partial charge >= 0.3 is 0 Å². The van der Waals surface area contributed by atoms with Gasteiger partial charge in [-0.25, -0.2) is 0 Å². The van der Waals surface area contributed by atoms with Gasteiger partial charge in [-0.3, -0.25) is 0 Å². The summed E-state index contributed by atoms with van der Waals surface area (Å²) in [5.74, 6) is 1.67. The second-order valence-electron chi connectivity index (χ2n) is 5.29. The lowest BCUT2D eigenvalue weighted by atomic mass is 10.1. The monoisotopic (exact) mass is 303 g/mol. The summed E-state index contributed by atoms with van der Waals surface area (Å²) in [6.45, 7) is 8.09. The minimum atomic E-state index is 0.805. The fourth-order valence-corrected chi connectivity index (χ4v) is 2.30. The molecule has 112 valence electrons. The third-order valence-electron chi connectivity index (χ3n) is 3.32. The van der Waals surface area contributed by atoms with Crippen molar-refractivity contribution in [1.29, 1.82) is 0 Å². The molecule has 2 aromatic rings. The molecule has 2 rings (SSSR count). The molecule has 0 saturated carbocycles. The zero-order valence-electron chi connectivity index (χ0n) is 12.9. The quantitative estimate of drug-likeness (QED) is 0.736. The molecule has 1 N–H and O–H groups in total. The lowest BCUT2D eigenvalue weighted by molar-refractivity contribution is 0.481. The van der Waals surface area contributed by atoms with Gasteiger partial charge in [0.2, 0.25) is 0 Å². The van der Waals surface area contributed by atoms with E-state index in [1.165, 1.54) is 5.56 Å². The molecule has 3 heteroatoms. The van der Waals surface area contributed by atoms with E-state index >= 15 is 0 Å². The standard InChI is InChI=1S/C18H22ClNO/c1-4-9-20-12-15-5-7-16(8-6-15)21-17-10-13(2)18(19)14(3)11-17/h5-8,10-11,20H,4,9,12H2,1-3H3. The van der Waals surface area contributed by atoms with Crippen molar-refractivity contribution in [1.82, 2.24) is 5.32 Å². The van der Waals surface area contributed by atoms with Gasteiger partial charge in [0.15, 0.2) is 0 Å². The second-order valence-corrected chi connectivity index (χ2v) is 5.67. The van der Waals surface area contributed by atoms with Crippen LogP contribution in [-0.2, 0) is 6.54 Å². The Bertz CT molecular complexity index is 570. The highest BCUT2D eigenvalue weighted by Gasteiger charge is 2.04. The summed E-state index contributed by atoms with van der Waals surface area (Å²) in [7, 11) is 0. The van der Waals surface area contributed by atoms with Crippen molar-refractivity contribution in [3.63, 3.8) is 0 Å². The first-order chi connectivity index (χ1) is 10.1. The maximum Gasteiger partial charge on any atom is 0.128 e. The molecule has 0 aliphatic carbocycles. The molecule has 21 heavy (non-hydrogen) atoms. The minimum Gasteiger partial charge on any atom is -0.457 e. The maximum atomic E-state index is 6.17. The molecule has 0 aliphatic heterocycles. The van der Waals surface area contributed by atoms with E-state index in [9.17, 15) is 0 Å². The maximum absolute atomic E-state index is 6.17. The van der Waals surface area contributed by atoms with Gasteiger partial charge in [0.1, 0.15) is 11.5 Å². The van der Waals surface area contributed by atoms with Crippen LogP contribution in [0.15, 0.2) is 36.4 Å². The van der Waals surface area contributed by atoms with E-state index in [1.54, 1.807) is 0 Å². The zero-order chi connectivity index (χ0) is 15.2. The first kappa shape index (κ1) is 15.9. The van der Waals surface area contributed by atoms with E-state index in [0.29, 0.717) is 0 Å². The second kappa shape index (κ2) is 7.48. The van der Waals surface area contributed by atoms with Crippen molar-refractivity contribution in [2.75, 3.05) is 6.54 Å². The van der Waals surface area contributed by atoms with Crippen LogP contribution in [0.2, 0.25) is 5.02 Å². The molecule has 0 aliphatic rings. The number of benzene rings is 2. The molecule has 0 radical (unpaired) electrons. The van der Waals surface area contributed by atoms with Crippen LogP contribution < -0.4 is 10.1 Å². The van der Waals surface area contributed by atoms with Crippen molar-refractivity contribution in [3.8, 4) is 11.5 Å². The molecule has 0 heterocycles. The Kier molecular flexibility index (Phi) is 5.66. The van der Waals surface area contributed by atoms with E-state index in [4.69, 9.17) is 16.3 Å². The number of ether oxygens (including phenoxy) is 1. The van der Waals surface area contributed by atoms with Gasteiger partial charge < -0.3 is 10.1 Å². The number of hydrogen-bond acceptors (Lipinski definition) is 2. The Morgan fingerprint density at radius 2 is 1.62 bits per heavy atom. The summed E-state index contributed by atoms with van der Waals surface area (Å²) in [5, 5.41) is 4.19. The van der Waals surface area contributed by atoms with Crippen molar-refractivity contribution in [3.05, 3.63) is 58.1 Å². The third-order valence-corrected chi connectivity index (χ3v) is 3.92. The number of rotatable bonds is 6. The van der Waals surface area contributed by atoms with Crippen LogP contribution in [0.25, 0.3) is 0 Å². The third kappa shape index (κ3) is 4.48. The SMILES string of the molecule is CCCNCc1ccc(Oc2cc(C)c(Cl)c(C)c2)cc1. The van der Waals surface area contributed by atoms with E-state index in [0.717, 1.165) is 47.2 Å². The van der Waals surface area contributed by atoms with E-state index < -0.39 is 0 Å². The van der Waals surface area contributed by atoms with Gasteiger partial charge in [0.05, 0.1) is 0 Å². The minimum absolute atomic E-state index is 0.805. The molecule has 0 spiro atoms. The summed E-state index contributed by atoms with van der Waals surface area (Å²) >= 11 is 6.17. The van der Waals surface area contributed by atoms with E-state index in [2.05, 4.69) is 24.4 Å². The Morgan fingerprint density at radius 1 is 1.00 bits per heavy atom. The predicted octanol–water partition coefficient (Wildman–Crippen LogP) is 5.25. The van der Waals surface area contributed by atoms with Gasteiger partial charge in [0.25, 0.3) is 0 Å². The highest BCUT2D eigenvalue weighted by molar-refractivity contribution is 6.32. The molecule has 0 amide bonds. The van der Waals surface area contributed by atoms with Gasteiger partial charge in [-0.1, -0.05) is 30.7 Å². The summed E-state index contributed by atoms with van der Waals surface area (Å²) in [6.07, 6.45) is 1.15. The summed E-state index contributed by atoms with van der Waals surface area (Å²) in [6, 6.07) is 12.1. The molecule has 0 unspecified atom stereocenters. The number of aryl methyl sites for hydroxylation is 2. The highest BCUT2D eigenvalue weighted by Crippen LogP contribution is 2.29. The molecule has 2 aromatic carbocycles. The zero-order valence-corrected chi connectivity index (χ0v) is 13.6. The van der Waals surface area contributed by atoms with Crippen LogP contribution in [0.5, 0.6) is 11.5 Å².